The number of amides is 1. The van der Waals surface area contributed by atoms with Gasteiger partial charge in [0.25, 0.3) is 5.91 Å². The molecule has 0 bridgehead atoms. The van der Waals surface area contributed by atoms with E-state index >= 15 is 0 Å². The summed E-state index contributed by atoms with van der Waals surface area (Å²) in [5.74, 6) is 0.880. The number of hydrogen-bond acceptors (Lipinski definition) is 6. The molecule has 0 spiro atoms. The SMILES string of the molecule is C[C@@H]1CCC[C@H](C)N1C(=O)COC(=O)c1c2c(nc3ccccc13)/C(=C\c1ccc3c(c1)OCO3)CCC2. The van der Waals surface area contributed by atoms with E-state index in [0.717, 1.165) is 83.3 Å². The molecule has 2 atom stereocenters. The zero-order valence-electron chi connectivity index (χ0n) is 21.9. The molecule has 0 N–H and O–H groups in total. The van der Waals surface area contributed by atoms with Crippen molar-refractivity contribution < 1.29 is 23.8 Å². The first kappa shape index (κ1) is 24.5. The molecule has 0 unspecified atom stereocenters. The molecule has 2 aromatic carbocycles. The molecule has 3 aliphatic rings. The van der Waals surface area contributed by atoms with E-state index in [4.69, 9.17) is 19.2 Å². The molecule has 38 heavy (non-hydrogen) atoms. The lowest BCUT2D eigenvalue weighted by Gasteiger charge is -2.38. The van der Waals surface area contributed by atoms with E-state index in [0.29, 0.717) is 5.56 Å². The summed E-state index contributed by atoms with van der Waals surface area (Å²) in [4.78, 5) is 33.5. The topological polar surface area (TPSA) is 78.0 Å². The summed E-state index contributed by atoms with van der Waals surface area (Å²) < 4.78 is 16.7. The van der Waals surface area contributed by atoms with Gasteiger partial charge < -0.3 is 19.1 Å². The molecule has 1 saturated heterocycles. The van der Waals surface area contributed by atoms with E-state index in [2.05, 4.69) is 19.9 Å². The summed E-state index contributed by atoms with van der Waals surface area (Å²) in [5, 5.41) is 0.757. The second-order valence-corrected chi connectivity index (χ2v) is 10.5. The van der Waals surface area contributed by atoms with E-state index < -0.39 is 5.97 Å². The van der Waals surface area contributed by atoms with E-state index in [1.165, 1.54) is 0 Å². The molecule has 0 radical (unpaired) electrons. The number of nitrogens with zero attached hydrogens (tertiary/aromatic N) is 2. The predicted octanol–water partition coefficient (Wildman–Crippen LogP) is 5.79. The highest BCUT2D eigenvalue weighted by Crippen LogP contribution is 2.38. The molecule has 2 aliphatic heterocycles. The van der Waals surface area contributed by atoms with Crippen molar-refractivity contribution in [2.75, 3.05) is 13.4 Å². The van der Waals surface area contributed by atoms with Crippen molar-refractivity contribution >= 4 is 34.4 Å². The van der Waals surface area contributed by atoms with Crippen LogP contribution in [0, 0.1) is 0 Å². The van der Waals surface area contributed by atoms with Gasteiger partial charge in [0.05, 0.1) is 16.8 Å². The van der Waals surface area contributed by atoms with E-state index in [-0.39, 0.29) is 31.4 Å². The standard InChI is InChI=1S/C31H32N2O5/c1-19-7-5-8-20(2)33(19)28(34)17-36-31(35)29-23-10-3-4-12-25(23)32-30-22(9-6-11-24(29)30)15-21-13-14-26-27(16-21)38-18-37-26/h3-4,10,12-16,19-20H,5-9,11,17-18H2,1-2H3/b22-15-/t19-,20+. The zero-order chi connectivity index (χ0) is 26.2. The maximum Gasteiger partial charge on any atom is 0.339 e. The molecular weight excluding hydrogens is 480 g/mol. The number of carbonyl (C=O) groups excluding carboxylic acids is 2. The second-order valence-electron chi connectivity index (χ2n) is 10.5. The van der Waals surface area contributed by atoms with Gasteiger partial charge in [0, 0.05) is 17.5 Å². The van der Waals surface area contributed by atoms with Crippen LogP contribution in [0.25, 0.3) is 22.6 Å². The fraction of sp³-hybridized carbons (Fsp3) is 0.387. The highest BCUT2D eigenvalue weighted by molar-refractivity contribution is 6.07. The van der Waals surface area contributed by atoms with Crippen LogP contribution in [0.5, 0.6) is 11.5 Å². The van der Waals surface area contributed by atoms with Gasteiger partial charge in [0.15, 0.2) is 18.1 Å². The molecular formula is C31H32N2O5. The van der Waals surface area contributed by atoms with Crippen LogP contribution in [-0.2, 0) is 16.0 Å². The van der Waals surface area contributed by atoms with Crippen LogP contribution >= 0.6 is 0 Å². The Kier molecular flexibility index (Phi) is 6.52. The zero-order valence-corrected chi connectivity index (χ0v) is 21.9. The summed E-state index contributed by atoms with van der Waals surface area (Å²) in [7, 11) is 0. The summed E-state index contributed by atoms with van der Waals surface area (Å²) >= 11 is 0. The smallest absolute Gasteiger partial charge is 0.339 e. The first-order valence-corrected chi connectivity index (χ1v) is 13.5. The third-order valence-electron chi connectivity index (χ3n) is 7.92. The summed E-state index contributed by atoms with van der Waals surface area (Å²) in [6.45, 7) is 4.11. The maximum absolute atomic E-state index is 13.6. The van der Waals surface area contributed by atoms with Gasteiger partial charge >= 0.3 is 5.97 Å². The lowest BCUT2D eigenvalue weighted by molar-refractivity contribution is -0.140. The van der Waals surface area contributed by atoms with Crippen molar-refractivity contribution in [3.8, 4) is 11.5 Å². The van der Waals surface area contributed by atoms with Gasteiger partial charge in [-0.15, -0.1) is 0 Å². The largest absolute Gasteiger partial charge is 0.454 e. The van der Waals surface area contributed by atoms with E-state index in [9.17, 15) is 9.59 Å². The molecule has 196 valence electrons. The number of pyridine rings is 1. The fourth-order valence-electron chi connectivity index (χ4n) is 6.10. The number of aromatic nitrogens is 1. The number of piperidine rings is 1. The number of likely N-dealkylation sites (tertiary alicyclic amines) is 1. The Hall–Kier alpha value is -3.87. The maximum atomic E-state index is 13.6. The Bertz CT molecular complexity index is 1440. The Morgan fingerprint density at radius 2 is 1.82 bits per heavy atom. The lowest BCUT2D eigenvalue weighted by Crippen LogP contribution is -2.49. The Morgan fingerprint density at radius 3 is 2.66 bits per heavy atom. The number of rotatable bonds is 4. The van der Waals surface area contributed by atoms with Crippen LogP contribution in [-0.4, -0.2) is 47.2 Å². The molecule has 0 saturated carbocycles. The molecule has 3 aromatic rings. The predicted molar refractivity (Wildman–Crippen MR) is 145 cm³/mol. The number of para-hydroxylation sites is 1. The molecule has 3 heterocycles. The number of fused-ring (bicyclic) bond motifs is 3. The van der Waals surface area contributed by atoms with Crippen LogP contribution in [0.2, 0.25) is 0 Å². The molecule has 7 nitrogen and oxygen atoms in total. The third kappa shape index (κ3) is 4.51. The minimum Gasteiger partial charge on any atom is -0.454 e. The number of ether oxygens (including phenoxy) is 3. The normalized spacial score (nSPS) is 21.4. The molecule has 7 heteroatoms. The number of hydrogen-bond donors (Lipinski definition) is 0. The Balaban J connectivity index is 1.33. The van der Waals surface area contributed by atoms with Crippen LogP contribution in [0.3, 0.4) is 0 Å². The molecule has 1 aromatic heterocycles. The van der Waals surface area contributed by atoms with E-state index in [1.54, 1.807) is 0 Å². The van der Waals surface area contributed by atoms with Crippen molar-refractivity contribution in [1.82, 2.24) is 9.88 Å². The van der Waals surface area contributed by atoms with Crippen LogP contribution in [0.15, 0.2) is 42.5 Å². The minimum absolute atomic E-state index is 0.131. The van der Waals surface area contributed by atoms with Gasteiger partial charge in [-0.2, -0.15) is 0 Å². The van der Waals surface area contributed by atoms with Crippen molar-refractivity contribution in [2.45, 2.75) is 64.5 Å². The van der Waals surface area contributed by atoms with Crippen molar-refractivity contribution in [1.29, 1.82) is 0 Å². The number of benzene rings is 2. The van der Waals surface area contributed by atoms with Gasteiger partial charge in [0.1, 0.15) is 0 Å². The van der Waals surface area contributed by atoms with Crippen molar-refractivity contribution in [3.63, 3.8) is 0 Å². The summed E-state index contributed by atoms with van der Waals surface area (Å²) in [6.07, 6.45) is 7.65. The number of esters is 1. The Labute approximate surface area is 222 Å². The van der Waals surface area contributed by atoms with Gasteiger partial charge in [-0.1, -0.05) is 24.3 Å². The average Bonchev–Trinajstić information content (AvgIpc) is 3.39. The van der Waals surface area contributed by atoms with Gasteiger partial charge in [-0.3, -0.25) is 4.79 Å². The number of allylic oxidation sites excluding steroid dienone is 1. The molecule has 1 fully saturated rings. The van der Waals surface area contributed by atoms with Crippen molar-refractivity contribution in [2.24, 2.45) is 0 Å². The average molecular weight is 513 g/mol. The number of carbonyl (C=O) groups is 2. The molecule has 1 amide bonds. The summed E-state index contributed by atoms with van der Waals surface area (Å²) in [5.41, 5.74) is 5.03. The minimum atomic E-state index is -0.463. The van der Waals surface area contributed by atoms with Crippen molar-refractivity contribution in [3.05, 3.63) is 64.8 Å². The summed E-state index contributed by atoms with van der Waals surface area (Å²) in [6, 6.07) is 13.8. The van der Waals surface area contributed by atoms with Crippen LogP contribution in [0.4, 0.5) is 0 Å². The van der Waals surface area contributed by atoms with Gasteiger partial charge in [-0.05, 0) is 93.3 Å². The Morgan fingerprint density at radius 1 is 1.03 bits per heavy atom. The van der Waals surface area contributed by atoms with Crippen LogP contribution < -0.4 is 9.47 Å². The fourth-order valence-corrected chi connectivity index (χ4v) is 6.10. The van der Waals surface area contributed by atoms with Gasteiger partial charge in [0.2, 0.25) is 6.79 Å². The quantitative estimate of drug-likeness (QED) is 0.412. The highest BCUT2D eigenvalue weighted by atomic mass is 16.7. The second kappa shape index (κ2) is 10.1. The van der Waals surface area contributed by atoms with E-state index in [1.807, 2.05) is 47.4 Å². The molecule has 1 aliphatic carbocycles. The molecule has 6 rings (SSSR count). The first-order chi connectivity index (χ1) is 18.5. The van der Waals surface area contributed by atoms with Crippen LogP contribution in [0.1, 0.15) is 73.1 Å². The first-order valence-electron chi connectivity index (χ1n) is 13.5. The third-order valence-corrected chi connectivity index (χ3v) is 7.92. The lowest BCUT2D eigenvalue weighted by atomic mass is 9.86. The highest BCUT2D eigenvalue weighted by Gasteiger charge is 2.31. The van der Waals surface area contributed by atoms with Gasteiger partial charge in [-0.25, -0.2) is 9.78 Å². The monoisotopic (exact) mass is 512 g/mol.